The lowest BCUT2D eigenvalue weighted by Gasteiger charge is -2.23. The van der Waals surface area contributed by atoms with E-state index in [-0.39, 0.29) is 11.6 Å². The summed E-state index contributed by atoms with van der Waals surface area (Å²) in [5.74, 6) is 0.453. The molecule has 0 aliphatic heterocycles. The Morgan fingerprint density at radius 2 is 2.06 bits per heavy atom. The van der Waals surface area contributed by atoms with Gasteiger partial charge in [-0.1, -0.05) is 6.92 Å². The van der Waals surface area contributed by atoms with Crippen molar-refractivity contribution in [3.8, 4) is 0 Å². The molecule has 0 aliphatic carbocycles. The van der Waals surface area contributed by atoms with E-state index in [1.165, 1.54) is 6.07 Å². The average Bonchev–Trinajstić information content (AvgIpc) is 2.65. The minimum Gasteiger partial charge on any atom is -0.447 e. The van der Waals surface area contributed by atoms with Crippen molar-refractivity contribution in [3.05, 3.63) is 17.9 Å². The van der Waals surface area contributed by atoms with Gasteiger partial charge in [0.1, 0.15) is 5.76 Å². The fourth-order valence-corrected chi connectivity index (χ4v) is 2.53. The topological polar surface area (TPSA) is 85.3 Å². The number of nitrogens with one attached hydrogen (secondary N) is 1. The molecule has 0 aliphatic rings. The lowest BCUT2D eigenvalue weighted by molar-refractivity contribution is 0.393. The van der Waals surface area contributed by atoms with Gasteiger partial charge in [-0.3, -0.25) is 0 Å². The standard InChI is InChI=1S/C10H18N2O3S/c1-4-10(2,3)12-16(13,14)9-6-5-8(7-11)15-9/h5-6,12H,4,7,11H2,1-3H3. The molecule has 0 fully saturated rings. The first kappa shape index (κ1) is 13.2. The lowest BCUT2D eigenvalue weighted by atomic mass is 10.0. The molecule has 0 aromatic carbocycles. The minimum atomic E-state index is -3.59. The Hall–Kier alpha value is -0.850. The van der Waals surface area contributed by atoms with E-state index in [0.717, 1.165) is 0 Å². The van der Waals surface area contributed by atoms with Gasteiger partial charge in [0.15, 0.2) is 0 Å². The van der Waals surface area contributed by atoms with E-state index >= 15 is 0 Å². The molecule has 1 aromatic heterocycles. The molecule has 0 amide bonds. The highest BCUT2D eigenvalue weighted by atomic mass is 32.2. The molecule has 6 heteroatoms. The van der Waals surface area contributed by atoms with E-state index in [4.69, 9.17) is 10.2 Å². The maximum atomic E-state index is 11.9. The van der Waals surface area contributed by atoms with Crippen molar-refractivity contribution in [1.82, 2.24) is 4.72 Å². The minimum absolute atomic E-state index is 0.0884. The van der Waals surface area contributed by atoms with Crippen LogP contribution in [0, 0.1) is 0 Å². The molecule has 0 atom stereocenters. The van der Waals surface area contributed by atoms with Crippen LogP contribution >= 0.6 is 0 Å². The molecule has 92 valence electrons. The normalized spacial score (nSPS) is 13.0. The summed E-state index contributed by atoms with van der Waals surface area (Å²) in [5, 5.41) is -0.0884. The molecular formula is C10H18N2O3S. The van der Waals surface area contributed by atoms with Crippen molar-refractivity contribution in [2.45, 2.75) is 44.4 Å². The van der Waals surface area contributed by atoms with E-state index in [2.05, 4.69) is 4.72 Å². The summed E-state index contributed by atoms with van der Waals surface area (Å²) in [6, 6.07) is 2.98. The number of sulfonamides is 1. The fraction of sp³-hybridized carbons (Fsp3) is 0.600. The number of nitrogens with two attached hydrogens (primary N) is 1. The first-order valence-corrected chi connectivity index (χ1v) is 6.62. The summed E-state index contributed by atoms with van der Waals surface area (Å²) >= 11 is 0. The second kappa shape index (κ2) is 4.57. The summed E-state index contributed by atoms with van der Waals surface area (Å²) in [7, 11) is -3.59. The Bertz CT molecular complexity index is 448. The van der Waals surface area contributed by atoms with Crippen LogP contribution in [0.25, 0.3) is 0 Å². The van der Waals surface area contributed by atoms with Gasteiger partial charge in [-0.2, -0.15) is 0 Å². The van der Waals surface area contributed by atoms with Crippen LogP contribution in [0.1, 0.15) is 33.0 Å². The molecule has 0 radical (unpaired) electrons. The van der Waals surface area contributed by atoms with Crippen LogP contribution in [-0.4, -0.2) is 14.0 Å². The molecular weight excluding hydrogens is 228 g/mol. The van der Waals surface area contributed by atoms with Crippen LogP contribution in [0.2, 0.25) is 0 Å². The summed E-state index contributed by atoms with van der Waals surface area (Å²) < 4.78 is 31.5. The smallest absolute Gasteiger partial charge is 0.274 e. The van der Waals surface area contributed by atoms with Crippen LogP contribution in [0.4, 0.5) is 0 Å². The number of hydrogen-bond acceptors (Lipinski definition) is 4. The van der Waals surface area contributed by atoms with Crippen molar-refractivity contribution >= 4 is 10.0 Å². The van der Waals surface area contributed by atoms with Gasteiger partial charge in [-0.05, 0) is 32.4 Å². The summed E-state index contributed by atoms with van der Waals surface area (Å²) in [5.41, 5.74) is 4.86. The fourth-order valence-electron chi connectivity index (χ4n) is 1.10. The van der Waals surface area contributed by atoms with Crippen molar-refractivity contribution < 1.29 is 12.8 Å². The molecule has 1 rings (SSSR count). The van der Waals surface area contributed by atoms with Crippen LogP contribution < -0.4 is 10.5 Å². The van der Waals surface area contributed by atoms with Crippen molar-refractivity contribution in [1.29, 1.82) is 0 Å². The van der Waals surface area contributed by atoms with E-state index in [1.54, 1.807) is 6.07 Å². The third kappa shape index (κ3) is 3.07. The van der Waals surface area contributed by atoms with Gasteiger partial charge >= 0.3 is 0 Å². The maximum Gasteiger partial charge on any atom is 0.274 e. The molecule has 3 N–H and O–H groups in total. The second-order valence-electron chi connectivity index (χ2n) is 4.27. The molecule has 5 nitrogen and oxygen atoms in total. The zero-order valence-corrected chi connectivity index (χ0v) is 10.6. The number of furan rings is 1. The molecule has 0 bridgehead atoms. The molecule has 16 heavy (non-hydrogen) atoms. The van der Waals surface area contributed by atoms with Crippen molar-refractivity contribution in [2.24, 2.45) is 5.73 Å². The van der Waals surface area contributed by atoms with Crippen LogP contribution in [-0.2, 0) is 16.6 Å². The third-order valence-electron chi connectivity index (χ3n) is 2.40. The quantitative estimate of drug-likeness (QED) is 0.817. The lowest BCUT2D eigenvalue weighted by Crippen LogP contribution is -2.42. The van der Waals surface area contributed by atoms with Crippen molar-refractivity contribution in [2.75, 3.05) is 0 Å². The molecule has 0 saturated heterocycles. The highest BCUT2D eigenvalue weighted by Crippen LogP contribution is 2.17. The van der Waals surface area contributed by atoms with Gasteiger partial charge in [0, 0.05) is 5.54 Å². The van der Waals surface area contributed by atoms with Gasteiger partial charge in [0.2, 0.25) is 5.09 Å². The Kier molecular flexibility index (Phi) is 3.77. The monoisotopic (exact) mass is 246 g/mol. The second-order valence-corrected chi connectivity index (χ2v) is 5.88. The Labute approximate surface area is 96.1 Å². The zero-order valence-electron chi connectivity index (χ0n) is 9.78. The molecule has 0 unspecified atom stereocenters. The Morgan fingerprint density at radius 1 is 1.44 bits per heavy atom. The van der Waals surface area contributed by atoms with Crippen LogP contribution in [0.15, 0.2) is 21.6 Å². The molecule has 1 aromatic rings. The van der Waals surface area contributed by atoms with Gasteiger partial charge in [-0.15, -0.1) is 0 Å². The summed E-state index contributed by atoms with van der Waals surface area (Å²) in [6.07, 6.45) is 0.691. The van der Waals surface area contributed by atoms with Crippen LogP contribution in [0.3, 0.4) is 0 Å². The summed E-state index contributed by atoms with van der Waals surface area (Å²) in [6.45, 7) is 5.73. The molecule has 0 saturated carbocycles. The third-order valence-corrected chi connectivity index (χ3v) is 3.97. The first-order valence-electron chi connectivity index (χ1n) is 5.13. The van der Waals surface area contributed by atoms with Gasteiger partial charge in [-0.25, -0.2) is 13.1 Å². The van der Waals surface area contributed by atoms with Crippen molar-refractivity contribution in [3.63, 3.8) is 0 Å². The molecule has 1 heterocycles. The van der Waals surface area contributed by atoms with E-state index in [0.29, 0.717) is 12.2 Å². The highest BCUT2D eigenvalue weighted by Gasteiger charge is 2.26. The largest absolute Gasteiger partial charge is 0.447 e. The number of hydrogen-bond donors (Lipinski definition) is 2. The highest BCUT2D eigenvalue weighted by molar-refractivity contribution is 7.89. The predicted octanol–water partition coefficient (Wildman–Crippen LogP) is 1.21. The van der Waals surface area contributed by atoms with Gasteiger partial charge in [0.05, 0.1) is 6.54 Å². The Morgan fingerprint density at radius 3 is 2.50 bits per heavy atom. The summed E-state index contributed by atoms with van der Waals surface area (Å²) in [4.78, 5) is 0. The SMILES string of the molecule is CCC(C)(C)NS(=O)(=O)c1ccc(CN)o1. The van der Waals surface area contributed by atoms with E-state index < -0.39 is 15.6 Å². The van der Waals surface area contributed by atoms with Gasteiger partial charge < -0.3 is 10.2 Å². The first-order chi connectivity index (χ1) is 7.30. The maximum absolute atomic E-state index is 11.9. The average molecular weight is 246 g/mol. The molecule has 0 spiro atoms. The predicted molar refractivity (Wildman–Crippen MR) is 61.3 cm³/mol. The zero-order chi connectivity index (χ0) is 12.4. The van der Waals surface area contributed by atoms with Gasteiger partial charge in [0.25, 0.3) is 10.0 Å². The number of rotatable bonds is 5. The Balaban J connectivity index is 2.94. The van der Waals surface area contributed by atoms with E-state index in [1.807, 2.05) is 20.8 Å². The van der Waals surface area contributed by atoms with E-state index in [9.17, 15) is 8.42 Å². The van der Waals surface area contributed by atoms with Crippen LogP contribution in [0.5, 0.6) is 0 Å².